The maximum Gasteiger partial charge on any atom is 0.249 e. The molecule has 0 unspecified atom stereocenters. The van der Waals surface area contributed by atoms with E-state index in [1.807, 2.05) is 6.07 Å². The molecule has 0 spiro atoms. The number of aromatic nitrogens is 2. The summed E-state index contributed by atoms with van der Waals surface area (Å²) in [6, 6.07) is 18.4. The van der Waals surface area contributed by atoms with Crippen LogP contribution < -0.4 is 5.32 Å². The Morgan fingerprint density at radius 2 is 1.46 bits per heavy atom. The van der Waals surface area contributed by atoms with Crippen molar-refractivity contribution >= 4 is 17.3 Å². The first-order valence-electron chi connectivity index (χ1n) is 8.46. The van der Waals surface area contributed by atoms with Gasteiger partial charge in [0.25, 0.3) is 0 Å². The number of anilines is 1. The minimum Gasteiger partial charge on any atom is -0.418 e. The number of hydrogen-bond acceptors (Lipinski definition) is 4. The molecular weight excluding hydrogens is 384 g/mol. The lowest BCUT2D eigenvalue weighted by molar-refractivity contribution is 0.494. The van der Waals surface area contributed by atoms with Crippen LogP contribution in [0.3, 0.4) is 0 Å². The van der Waals surface area contributed by atoms with Crippen LogP contribution in [-0.4, -0.2) is 10.2 Å². The van der Waals surface area contributed by atoms with E-state index in [4.69, 9.17) is 16.0 Å². The Balaban J connectivity index is 1.72. The molecule has 0 amide bonds. The number of hydrogen-bond donors (Lipinski definition) is 1. The summed E-state index contributed by atoms with van der Waals surface area (Å²) >= 11 is 6.21. The molecule has 140 valence electrons. The van der Waals surface area contributed by atoms with Crippen molar-refractivity contribution in [1.29, 1.82) is 0 Å². The fourth-order valence-electron chi connectivity index (χ4n) is 2.75. The minimum absolute atomic E-state index is 0.269. The van der Waals surface area contributed by atoms with E-state index in [2.05, 4.69) is 15.5 Å². The van der Waals surface area contributed by atoms with Gasteiger partial charge in [-0.2, -0.15) is 0 Å². The maximum absolute atomic E-state index is 13.4. The van der Waals surface area contributed by atoms with Gasteiger partial charge in [-0.3, -0.25) is 0 Å². The smallest absolute Gasteiger partial charge is 0.249 e. The van der Waals surface area contributed by atoms with Crippen LogP contribution in [0, 0.1) is 11.6 Å². The molecule has 0 fully saturated rings. The molecule has 4 aromatic rings. The van der Waals surface area contributed by atoms with Crippen molar-refractivity contribution in [2.45, 2.75) is 6.04 Å². The van der Waals surface area contributed by atoms with Crippen LogP contribution in [-0.2, 0) is 0 Å². The van der Waals surface area contributed by atoms with Gasteiger partial charge < -0.3 is 9.73 Å². The van der Waals surface area contributed by atoms with Crippen LogP contribution in [0.5, 0.6) is 0 Å². The van der Waals surface area contributed by atoms with Gasteiger partial charge in [0.2, 0.25) is 11.8 Å². The Morgan fingerprint density at radius 1 is 0.821 bits per heavy atom. The van der Waals surface area contributed by atoms with Crippen molar-refractivity contribution in [1.82, 2.24) is 10.2 Å². The molecule has 7 heteroatoms. The van der Waals surface area contributed by atoms with Gasteiger partial charge in [0.1, 0.15) is 17.7 Å². The first kappa shape index (κ1) is 18.1. The molecule has 28 heavy (non-hydrogen) atoms. The van der Waals surface area contributed by atoms with Crippen molar-refractivity contribution in [2.24, 2.45) is 0 Å². The summed E-state index contributed by atoms with van der Waals surface area (Å²) in [6.07, 6.45) is 0. The number of nitrogens with one attached hydrogen (secondary N) is 1. The summed E-state index contributed by atoms with van der Waals surface area (Å²) in [6.45, 7) is 0. The van der Waals surface area contributed by atoms with Crippen molar-refractivity contribution < 1.29 is 13.2 Å². The van der Waals surface area contributed by atoms with Gasteiger partial charge in [0.15, 0.2) is 0 Å². The molecule has 0 aliphatic carbocycles. The molecule has 4 nitrogen and oxygen atoms in total. The van der Waals surface area contributed by atoms with Crippen LogP contribution in [0.4, 0.5) is 14.5 Å². The first-order chi connectivity index (χ1) is 13.6. The van der Waals surface area contributed by atoms with Gasteiger partial charge in [-0.25, -0.2) is 8.78 Å². The molecule has 4 rings (SSSR count). The van der Waals surface area contributed by atoms with Gasteiger partial charge in [-0.05, 0) is 54.1 Å². The second-order valence-electron chi connectivity index (χ2n) is 6.06. The van der Waals surface area contributed by atoms with E-state index in [1.54, 1.807) is 42.5 Å². The molecule has 3 aromatic carbocycles. The zero-order valence-electron chi connectivity index (χ0n) is 14.4. The lowest BCUT2D eigenvalue weighted by Crippen LogP contribution is -2.13. The molecule has 1 heterocycles. The standard InChI is InChI=1S/C21H14ClF2N3O/c22-18-4-2-1-3-17(18)20-26-27-21(28-20)19(13-5-7-14(23)8-6-13)25-16-11-9-15(24)10-12-16/h1-12,19,25H/t19-/m0/s1. The molecular formula is C21H14ClF2N3O. The van der Waals surface area contributed by atoms with E-state index in [-0.39, 0.29) is 23.4 Å². The Labute approximate surface area is 164 Å². The predicted molar refractivity (Wildman–Crippen MR) is 103 cm³/mol. The molecule has 0 radical (unpaired) electrons. The number of halogens is 3. The normalized spacial score (nSPS) is 12.0. The Morgan fingerprint density at radius 3 is 2.14 bits per heavy atom. The Kier molecular flexibility index (Phi) is 5.04. The zero-order valence-corrected chi connectivity index (χ0v) is 15.2. The van der Waals surface area contributed by atoms with Crippen molar-refractivity contribution in [3.8, 4) is 11.5 Å². The molecule has 0 aliphatic heterocycles. The average Bonchev–Trinajstić information content (AvgIpc) is 3.18. The molecule has 1 aromatic heterocycles. The quantitative estimate of drug-likeness (QED) is 0.457. The molecule has 1 atom stereocenters. The van der Waals surface area contributed by atoms with Crippen LogP contribution in [0.1, 0.15) is 17.5 Å². The molecule has 0 saturated heterocycles. The van der Waals surface area contributed by atoms with Crippen LogP contribution in [0.2, 0.25) is 5.02 Å². The maximum atomic E-state index is 13.4. The third kappa shape index (κ3) is 3.87. The fraction of sp³-hybridized carbons (Fsp3) is 0.0476. The molecule has 0 aliphatic rings. The third-order valence-corrected chi connectivity index (χ3v) is 4.48. The van der Waals surface area contributed by atoms with Crippen molar-refractivity contribution in [3.63, 3.8) is 0 Å². The summed E-state index contributed by atoms with van der Waals surface area (Å²) < 4.78 is 32.4. The Bertz CT molecular complexity index is 1080. The van der Waals surface area contributed by atoms with Gasteiger partial charge in [-0.15, -0.1) is 10.2 Å². The summed E-state index contributed by atoms with van der Waals surface area (Å²) in [5.41, 5.74) is 1.97. The van der Waals surface area contributed by atoms with E-state index in [1.165, 1.54) is 24.3 Å². The highest BCUT2D eigenvalue weighted by atomic mass is 35.5. The highest BCUT2D eigenvalue weighted by Crippen LogP contribution is 2.31. The molecule has 0 saturated carbocycles. The lowest BCUT2D eigenvalue weighted by Gasteiger charge is -2.17. The lowest BCUT2D eigenvalue weighted by atomic mass is 10.1. The summed E-state index contributed by atoms with van der Waals surface area (Å²) in [7, 11) is 0. The predicted octanol–water partition coefficient (Wildman–Crippen LogP) is 5.87. The van der Waals surface area contributed by atoms with E-state index < -0.39 is 6.04 Å². The second-order valence-corrected chi connectivity index (χ2v) is 6.47. The van der Waals surface area contributed by atoms with E-state index >= 15 is 0 Å². The van der Waals surface area contributed by atoms with E-state index in [0.29, 0.717) is 21.8 Å². The number of benzene rings is 3. The van der Waals surface area contributed by atoms with Crippen molar-refractivity contribution in [2.75, 3.05) is 5.32 Å². The summed E-state index contributed by atoms with van der Waals surface area (Å²) in [5, 5.41) is 11.9. The third-order valence-electron chi connectivity index (χ3n) is 4.15. The topological polar surface area (TPSA) is 51.0 Å². The second kappa shape index (κ2) is 7.78. The summed E-state index contributed by atoms with van der Waals surface area (Å²) in [5.74, 6) is -0.159. The van der Waals surface area contributed by atoms with Gasteiger partial charge >= 0.3 is 0 Å². The first-order valence-corrected chi connectivity index (χ1v) is 8.84. The van der Waals surface area contributed by atoms with Gasteiger partial charge in [-0.1, -0.05) is 35.9 Å². The minimum atomic E-state index is -0.560. The van der Waals surface area contributed by atoms with Crippen molar-refractivity contribution in [3.05, 3.63) is 101 Å². The number of nitrogens with zero attached hydrogens (tertiary/aromatic N) is 2. The highest BCUT2D eigenvalue weighted by molar-refractivity contribution is 6.33. The monoisotopic (exact) mass is 397 g/mol. The Hall–Kier alpha value is -3.25. The fourth-order valence-corrected chi connectivity index (χ4v) is 2.97. The van der Waals surface area contributed by atoms with Crippen LogP contribution >= 0.6 is 11.6 Å². The largest absolute Gasteiger partial charge is 0.418 e. The van der Waals surface area contributed by atoms with E-state index in [0.717, 1.165) is 0 Å². The average molecular weight is 398 g/mol. The zero-order chi connectivity index (χ0) is 19.5. The van der Waals surface area contributed by atoms with Gasteiger partial charge in [0.05, 0.1) is 10.6 Å². The molecule has 0 bridgehead atoms. The van der Waals surface area contributed by atoms with Gasteiger partial charge in [0, 0.05) is 5.69 Å². The molecule has 1 N–H and O–H groups in total. The van der Waals surface area contributed by atoms with E-state index in [9.17, 15) is 8.78 Å². The number of rotatable bonds is 5. The highest BCUT2D eigenvalue weighted by Gasteiger charge is 2.22. The SMILES string of the molecule is Fc1ccc(N[C@@H](c2ccc(F)cc2)c2nnc(-c3ccccc3Cl)o2)cc1. The summed E-state index contributed by atoms with van der Waals surface area (Å²) in [4.78, 5) is 0. The van der Waals surface area contributed by atoms with Crippen LogP contribution in [0.25, 0.3) is 11.5 Å². The van der Waals surface area contributed by atoms with Crippen LogP contribution in [0.15, 0.2) is 77.2 Å².